The molecular formula is C16H17NO2. The first-order valence-corrected chi connectivity index (χ1v) is 6.19. The van der Waals surface area contributed by atoms with Gasteiger partial charge in [0.15, 0.2) is 6.04 Å². The van der Waals surface area contributed by atoms with Crippen LogP contribution in [0.4, 0.5) is 5.69 Å². The van der Waals surface area contributed by atoms with Crippen LogP contribution in [0.15, 0.2) is 48.5 Å². The van der Waals surface area contributed by atoms with Crippen LogP contribution in [0.25, 0.3) is 0 Å². The topological polar surface area (TPSA) is 49.3 Å². The highest BCUT2D eigenvalue weighted by Gasteiger charge is 2.21. The fraction of sp³-hybridized carbons (Fsp3) is 0.188. The fourth-order valence-corrected chi connectivity index (χ4v) is 2.12. The van der Waals surface area contributed by atoms with Crippen LogP contribution in [0, 0.1) is 13.8 Å². The molecule has 0 amide bonds. The van der Waals surface area contributed by atoms with Crippen molar-refractivity contribution in [3.8, 4) is 0 Å². The fourth-order valence-electron chi connectivity index (χ4n) is 2.12. The maximum Gasteiger partial charge on any atom is 0.330 e. The molecule has 2 N–H and O–H groups in total. The average Bonchev–Trinajstić information content (AvgIpc) is 2.38. The van der Waals surface area contributed by atoms with E-state index in [-0.39, 0.29) is 0 Å². The summed E-state index contributed by atoms with van der Waals surface area (Å²) in [6.07, 6.45) is 0. The van der Waals surface area contributed by atoms with Crippen LogP contribution in [-0.2, 0) is 4.79 Å². The lowest BCUT2D eigenvalue weighted by atomic mass is 9.99. The zero-order valence-corrected chi connectivity index (χ0v) is 11.1. The number of carboxylic acids is 1. The molecule has 0 aliphatic carbocycles. The first-order valence-electron chi connectivity index (χ1n) is 6.19. The number of hydrogen-bond donors (Lipinski definition) is 2. The predicted molar refractivity (Wildman–Crippen MR) is 76.4 cm³/mol. The van der Waals surface area contributed by atoms with Gasteiger partial charge in [0, 0.05) is 5.69 Å². The number of benzene rings is 2. The van der Waals surface area contributed by atoms with Gasteiger partial charge in [0.1, 0.15) is 0 Å². The van der Waals surface area contributed by atoms with Gasteiger partial charge in [-0.25, -0.2) is 4.79 Å². The zero-order chi connectivity index (χ0) is 13.8. The molecule has 0 bridgehead atoms. The molecule has 0 heterocycles. The quantitative estimate of drug-likeness (QED) is 0.878. The van der Waals surface area contributed by atoms with E-state index in [1.807, 2.05) is 62.4 Å². The number of aliphatic carboxylic acids is 1. The third-order valence-electron chi connectivity index (χ3n) is 3.07. The molecule has 3 nitrogen and oxygen atoms in total. The largest absolute Gasteiger partial charge is 0.479 e. The molecule has 0 aliphatic rings. The lowest BCUT2D eigenvalue weighted by Gasteiger charge is -2.18. The Balaban J connectivity index is 2.33. The third-order valence-corrected chi connectivity index (χ3v) is 3.07. The molecule has 0 saturated carbocycles. The molecule has 2 aromatic carbocycles. The predicted octanol–water partition coefficient (Wildman–Crippen LogP) is 3.54. The minimum atomic E-state index is -0.879. The van der Waals surface area contributed by atoms with E-state index in [4.69, 9.17) is 0 Å². The maximum atomic E-state index is 11.5. The van der Waals surface area contributed by atoms with Gasteiger partial charge in [-0.3, -0.25) is 0 Å². The smallest absolute Gasteiger partial charge is 0.330 e. The summed E-state index contributed by atoms with van der Waals surface area (Å²) in [4.78, 5) is 11.5. The molecule has 0 saturated heterocycles. The molecule has 2 rings (SSSR count). The summed E-state index contributed by atoms with van der Waals surface area (Å²) in [5, 5.41) is 12.5. The molecule has 2 aromatic rings. The highest BCUT2D eigenvalue weighted by molar-refractivity contribution is 5.79. The highest BCUT2D eigenvalue weighted by Crippen LogP contribution is 2.23. The van der Waals surface area contributed by atoms with Crippen LogP contribution < -0.4 is 5.32 Å². The van der Waals surface area contributed by atoms with Crippen molar-refractivity contribution in [2.75, 3.05) is 5.32 Å². The Bertz CT molecular complexity index is 579. The number of para-hydroxylation sites is 1. The minimum absolute atomic E-state index is 0.733. The lowest BCUT2D eigenvalue weighted by molar-refractivity contribution is -0.138. The molecule has 1 atom stereocenters. The molecule has 0 aromatic heterocycles. The van der Waals surface area contributed by atoms with Crippen LogP contribution >= 0.6 is 0 Å². The molecule has 19 heavy (non-hydrogen) atoms. The van der Waals surface area contributed by atoms with Crippen molar-refractivity contribution in [1.29, 1.82) is 0 Å². The van der Waals surface area contributed by atoms with Crippen LogP contribution in [0.2, 0.25) is 0 Å². The van der Waals surface area contributed by atoms with Crippen LogP contribution in [-0.4, -0.2) is 11.1 Å². The summed E-state index contributed by atoms with van der Waals surface area (Å²) in [6, 6.07) is 14.5. The van der Waals surface area contributed by atoms with E-state index in [0.717, 1.165) is 22.4 Å². The normalized spacial score (nSPS) is 11.9. The van der Waals surface area contributed by atoms with Gasteiger partial charge < -0.3 is 10.4 Å². The Hall–Kier alpha value is -2.29. The van der Waals surface area contributed by atoms with Gasteiger partial charge in [-0.05, 0) is 37.1 Å². The summed E-state index contributed by atoms with van der Waals surface area (Å²) in [5.74, 6) is -0.879. The highest BCUT2D eigenvalue weighted by atomic mass is 16.4. The van der Waals surface area contributed by atoms with E-state index < -0.39 is 12.0 Å². The molecule has 98 valence electrons. The van der Waals surface area contributed by atoms with E-state index in [1.165, 1.54) is 0 Å². The van der Waals surface area contributed by atoms with Crippen LogP contribution in [0.5, 0.6) is 0 Å². The average molecular weight is 255 g/mol. The molecule has 3 heteroatoms. The van der Waals surface area contributed by atoms with Crippen molar-refractivity contribution in [2.45, 2.75) is 19.9 Å². The number of aryl methyl sites for hydroxylation is 2. The van der Waals surface area contributed by atoms with Crippen molar-refractivity contribution in [1.82, 2.24) is 0 Å². The van der Waals surface area contributed by atoms with Crippen molar-refractivity contribution in [3.63, 3.8) is 0 Å². The second kappa shape index (κ2) is 5.57. The molecule has 0 radical (unpaired) electrons. The Morgan fingerprint density at radius 1 is 1.11 bits per heavy atom. The maximum absolute atomic E-state index is 11.5. The molecule has 0 aliphatic heterocycles. The summed E-state index contributed by atoms with van der Waals surface area (Å²) in [6.45, 7) is 3.93. The standard InChI is InChI=1S/C16H17NO2/c1-11-8-9-14(12(2)10-11)15(16(18)19)17-13-6-4-3-5-7-13/h3-10,15,17H,1-2H3,(H,18,19). The van der Waals surface area contributed by atoms with Gasteiger partial charge in [-0.2, -0.15) is 0 Å². The van der Waals surface area contributed by atoms with E-state index >= 15 is 0 Å². The summed E-state index contributed by atoms with van der Waals surface area (Å²) in [7, 11) is 0. The Morgan fingerprint density at radius 3 is 2.37 bits per heavy atom. The van der Waals surface area contributed by atoms with Crippen molar-refractivity contribution in [3.05, 3.63) is 65.2 Å². The summed E-state index contributed by atoms with van der Waals surface area (Å²) >= 11 is 0. The van der Waals surface area contributed by atoms with Gasteiger partial charge in [0.05, 0.1) is 0 Å². The van der Waals surface area contributed by atoms with E-state index in [0.29, 0.717) is 0 Å². The molecule has 0 spiro atoms. The number of nitrogens with one attached hydrogen (secondary N) is 1. The Kier molecular flexibility index (Phi) is 3.85. The van der Waals surface area contributed by atoms with Crippen LogP contribution in [0.1, 0.15) is 22.7 Å². The number of carboxylic acid groups (broad SMARTS) is 1. The lowest BCUT2D eigenvalue weighted by Crippen LogP contribution is -2.21. The van der Waals surface area contributed by atoms with Crippen LogP contribution in [0.3, 0.4) is 0 Å². The van der Waals surface area contributed by atoms with Crippen molar-refractivity contribution < 1.29 is 9.90 Å². The van der Waals surface area contributed by atoms with Gasteiger partial charge in [-0.1, -0.05) is 42.0 Å². The molecular weight excluding hydrogens is 238 g/mol. The SMILES string of the molecule is Cc1ccc(C(Nc2ccccc2)C(=O)O)c(C)c1. The summed E-state index contributed by atoms with van der Waals surface area (Å²) < 4.78 is 0. The van der Waals surface area contributed by atoms with Gasteiger partial charge >= 0.3 is 5.97 Å². The van der Waals surface area contributed by atoms with Crippen molar-refractivity contribution >= 4 is 11.7 Å². The Morgan fingerprint density at radius 2 is 1.79 bits per heavy atom. The first kappa shape index (κ1) is 13.1. The second-order valence-corrected chi connectivity index (χ2v) is 4.64. The van der Waals surface area contributed by atoms with E-state index in [1.54, 1.807) is 0 Å². The monoisotopic (exact) mass is 255 g/mol. The number of hydrogen-bond acceptors (Lipinski definition) is 2. The molecule has 0 fully saturated rings. The second-order valence-electron chi connectivity index (χ2n) is 4.64. The minimum Gasteiger partial charge on any atom is -0.479 e. The number of carbonyl (C=O) groups is 1. The van der Waals surface area contributed by atoms with E-state index in [2.05, 4.69) is 5.32 Å². The van der Waals surface area contributed by atoms with E-state index in [9.17, 15) is 9.90 Å². The van der Waals surface area contributed by atoms with Gasteiger partial charge in [0.25, 0.3) is 0 Å². The zero-order valence-electron chi connectivity index (χ0n) is 11.1. The summed E-state index contributed by atoms with van der Waals surface area (Å²) in [5.41, 5.74) is 3.71. The Labute approximate surface area is 112 Å². The van der Waals surface area contributed by atoms with Crippen molar-refractivity contribution in [2.24, 2.45) is 0 Å². The molecule has 1 unspecified atom stereocenters. The third kappa shape index (κ3) is 3.13. The van der Waals surface area contributed by atoms with Gasteiger partial charge in [0.2, 0.25) is 0 Å². The van der Waals surface area contributed by atoms with Gasteiger partial charge in [-0.15, -0.1) is 0 Å². The number of anilines is 1. The number of rotatable bonds is 4. The first-order chi connectivity index (χ1) is 9.08.